The Morgan fingerprint density at radius 2 is 2.00 bits per heavy atom. The summed E-state index contributed by atoms with van der Waals surface area (Å²) in [5, 5.41) is 11.3. The number of phenols is 1. The first-order chi connectivity index (χ1) is 20.1. The topological polar surface area (TPSA) is 83.8 Å². The first kappa shape index (κ1) is 26.6. The minimum atomic E-state index is -0.886. The van der Waals surface area contributed by atoms with E-state index in [2.05, 4.69) is 21.7 Å². The van der Waals surface area contributed by atoms with Gasteiger partial charge in [-0.05, 0) is 75.6 Å². The van der Waals surface area contributed by atoms with Crippen LogP contribution in [0.5, 0.6) is 17.6 Å². The molecular formula is C31H34ClF2N5O3. The number of aromatic nitrogens is 3. The van der Waals surface area contributed by atoms with E-state index in [-0.39, 0.29) is 47.4 Å². The fourth-order valence-corrected chi connectivity index (χ4v) is 8.28. The molecule has 2 aromatic heterocycles. The van der Waals surface area contributed by atoms with Gasteiger partial charge in [0.15, 0.2) is 5.82 Å². The largest absolute Gasteiger partial charge is 0.508 e. The molecular weight excluding hydrogens is 564 g/mol. The maximum Gasteiger partial charge on any atom is 0.319 e. The summed E-state index contributed by atoms with van der Waals surface area (Å²) in [6.07, 6.45) is 5.70. The molecule has 11 heteroatoms. The van der Waals surface area contributed by atoms with Crippen LogP contribution in [-0.2, 0) is 0 Å². The maximum absolute atomic E-state index is 16.8. The fraction of sp³-hybridized carbons (Fsp3) is 0.581. The van der Waals surface area contributed by atoms with Crippen molar-refractivity contribution in [2.75, 3.05) is 31.6 Å². The van der Waals surface area contributed by atoms with Gasteiger partial charge < -0.3 is 19.5 Å². The maximum atomic E-state index is 16.8. The highest BCUT2D eigenvalue weighted by Gasteiger charge is 2.50. The summed E-state index contributed by atoms with van der Waals surface area (Å²) >= 11 is 6.60. The fourth-order valence-electron chi connectivity index (χ4n) is 7.91. The molecule has 2 bridgehead atoms. The van der Waals surface area contributed by atoms with Crippen molar-refractivity contribution in [3.8, 4) is 28.9 Å². The number of ether oxygens (including phenoxy) is 2. The second-order valence-electron chi connectivity index (χ2n) is 13.2. The van der Waals surface area contributed by atoms with Crippen LogP contribution in [0.3, 0.4) is 0 Å². The summed E-state index contributed by atoms with van der Waals surface area (Å²) in [6, 6.07) is 3.21. The smallest absolute Gasteiger partial charge is 0.319 e. The SMILES string of the molecule is CN1c2nc(OC[C@@]34CCCN3C[C@H](F)C4)nc3c(F)c(-c4cc(O)cc(Cl)c4C4CC4)nc(c23)OC2(C)CCC1C2. The number of nitrogens with zero attached hydrogens (tertiary/aromatic N) is 5. The van der Waals surface area contributed by atoms with E-state index < -0.39 is 23.1 Å². The Morgan fingerprint density at radius 1 is 1.17 bits per heavy atom. The molecule has 1 aromatic carbocycles. The highest BCUT2D eigenvalue weighted by atomic mass is 35.5. The van der Waals surface area contributed by atoms with E-state index in [4.69, 9.17) is 31.0 Å². The molecule has 2 unspecified atom stereocenters. The molecule has 222 valence electrons. The average molecular weight is 598 g/mol. The minimum absolute atomic E-state index is 0.0331. The number of benzene rings is 1. The number of hydrogen-bond acceptors (Lipinski definition) is 8. The predicted molar refractivity (Wildman–Crippen MR) is 155 cm³/mol. The lowest BCUT2D eigenvalue weighted by Gasteiger charge is -2.34. The van der Waals surface area contributed by atoms with Gasteiger partial charge in [0.1, 0.15) is 46.5 Å². The molecule has 4 atom stereocenters. The summed E-state index contributed by atoms with van der Waals surface area (Å²) in [4.78, 5) is 18.5. The van der Waals surface area contributed by atoms with Crippen molar-refractivity contribution in [3.05, 3.63) is 28.5 Å². The van der Waals surface area contributed by atoms with Crippen LogP contribution < -0.4 is 14.4 Å². The van der Waals surface area contributed by atoms with Crippen molar-refractivity contribution in [2.45, 2.75) is 87.6 Å². The highest BCUT2D eigenvalue weighted by molar-refractivity contribution is 6.32. The normalized spacial score (nSPS) is 30.4. The Kier molecular flexibility index (Phi) is 5.87. The molecule has 5 heterocycles. The van der Waals surface area contributed by atoms with Gasteiger partial charge >= 0.3 is 6.01 Å². The third-order valence-electron chi connectivity index (χ3n) is 10.2. The van der Waals surface area contributed by atoms with Gasteiger partial charge in [0, 0.05) is 43.1 Å². The van der Waals surface area contributed by atoms with E-state index in [1.807, 2.05) is 7.05 Å². The molecule has 2 saturated heterocycles. The Bertz CT molecular complexity index is 1620. The molecule has 0 amide bonds. The molecule has 2 aliphatic carbocycles. The van der Waals surface area contributed by atoms with Gasteiger partial charge in [0.05, 0.1) is 5.54 Å². The molecule has 42 heavy (non-hydrogen) atoms. The second-order valence-corrected chi connectivity index (χ2v) is 13.6. The van der Waals surface area contributed by atoms with Crippen LogP contribution in [0, 0.1) is 5.82 Å². The van der Waals surface area contributed by atoms with Gasteiger partial charge in [-0.15, -0.1) is 0 Å². The van der Waals surface area contributed by atoms with Crippen molar-refractivity contribution in [2.24, 2.45) is 0 Å². The molecule has 8 nitrogen and oxygen atoms in total. The molecule has 4 fully saturated rings. The van der Waals surface area contributed by atoms with E-state index >= 15 is 4.39 Å². The molecule has 3 aromatic rings. The van der Waals surface area contributed by atoms with Crippen LogP contribution in [0.15, 0.2) is 12.1 Å². The van der Waals surface area contributed by atoms with E-state index in [0.717, 1.165) is 57.1 Å². The molecule has 0 radical (unpaired) electrons. The van der Waals surface area contributed by atoms with Crippen LogP contribution in [0.4, 0.5) is 14.6 Å². The Balaban J connectivity index is 1.31. The summed E-state index contributed by atoms with van der Waals surface area (Å²) in [5.74, 6) is 0.224. The van der Waals surface area contributed by atoms with E-state index in [1.165, 1.54) is 12.1 Å². The molecule has 3 aliphatic heterocycles. The van der Waals surface area contributed by atoms with Gasteiger partial charge in [-0.3, -0.25) is 4.90 Å². The van der Waals surface area contributed by atoms with E-state index in [0.29, 0.717) is 34.8 Å². The van der Waals surface area contributed by atoms with Crippen molar-refractivity contribution in [1.29, 1.82) is 0 Å². The zero-order valence-electron chi connectivity index (χ0n) is 23.8. The third kappa shape index (κ3) is 4.12. The monoisotopic (exact) mass is 597 g/mol. The van der Waals surface area contributed by atoms with Crippen molar-refractivity contribution in [3.63, 3.8) is 0 Å². The van der Waals surface area contributed by atoms with Gasteiger partial charge in [-0.2, -0.15) is 9.97 Å². The first-order valence-corrected chi connectivity index (χ1v) is 15.4. The number of rotatable bonds is 5. The van der Waals surface area contributed by atoms with Crippen molar-refractivity contribution < 1.29 is 23.4 Å². The number of anilines is 1. The molecule has 2 saturated carbocycles. The quantitative estimate of drug-likeness (QED) is 0.374. The summed E-state index contributed by atoms with van der Waals surface area (Å²) in [6.45, 7) is 3.56. The Morgan fingerprint density at radius 3 is 2.81 bits per heavy atom. The van der Waals surface area contributed by atoms with E-state index in [9.17, 15) is 9.50 Å². The van der Waals surface area contributed by atoms with Crippen molar-refractivity contribution >= 4 is 28.3 Å². The lowest BCUT2D eigenvalue weighted by atomic mass is 9.95. The summed E-state index contributed by atoms with van der Waals surface area (Å²) in [7, 11) is 1.96. The standard InChI is InChI=1S/C31H34ClF2N5O3/c1-30-8-6-18(13-30)38(2)27-23-26(36-29(37-27)41-15-31-7-3-9-39(31)14-17(33)12-31)24(34)25(35-28(23)42-30)20-10-19(40)11-21(32)22(20)16-4-5-16/h10-11,16-18,40H,3-9,12-15H2,1-2H3/t17-,18?,30?,31+/m1/s1. The number of phenolic OH excluding ortho intramolecular Hbond substituents is 1. The average Bonchev–Trinajstić information content (AvgIpc) is 3.46. The highest BCUT2D eigenvalue weighted by Crippen LogP contribution is 2.51. The number of fused-ring (bicyclic) bond motifs is 3. The third-order valence-corrected chi connectivity index (χ3v) is 10.5. The minimum Gasteiger partial charge on any atom is -0.508 e. The summed E-state index contributed by atoms with van der Waals surface area (Å²) in [5.41, 5.74) is 0.420. The lowest BCUT2D eigenvalue weighted by Crippen LogP contribution is -2.43. The van der Waals surface area contributed by atoms with Crippen LogP contribution in [0.25, 0.3) is 22.2 Å². The van der Waals surface area contributed by atoms with Crippen LogP contribution in [-0.4, -0.2) is 75.1 Å². The zero-order chi connectivity index (χ0) is 29.0. The van der Waals surface area contributed by atoms with Crippen molar-refractivity contribution in [1.82, 2.24) is 19.9 Å². The number of pyridine rings is 1. The first-order valence-electron chi connectivity index (χ1n) is 15.0. The van der Waals surface area contributed by atoms with Gasteiger partial charge in [-0.1, -0.05) is 11.6 Å². The molecule has 5 aliphatic rings. The Hall–Kier alpha value is -2.98. The Labute approximate surface area is 248 Å². The van der Waals surface area contributed by atoms with Gasteiger partial charge in [0.2, 0.25) is 5.88 Å². The molecule has 1 N–H and O–H groups in total. The number of aromatic hydroxyl groups is 1. The molecule has 0 spiro atoms. The second kappa shape index (κ2) is 9.26. The zero-order valence-corrected chi connectivity index (χ0v) is 24.6. The van der Waals surface area contributed by atoms with Crippen LogP contribution in [0.1, 0.15) is 69.8 Å². The number of hydrogen-bond donors (Lipinski definition) is 1. The lowest BCUT2D eigenvalue weighted by molar-refractivity contribution is 0.0903. The molecule has 8 rings (SSSR count). The van der Waals surface area contributed by atoms with Crippen LogP contribution in [0.2, 0.25) is 5.02 Å². The predicted octanol–water partition coefficient (Wildman–Crippen LogP) is 6.16. The van der Waals surface area contributed by atoms with Gasteiger partial charge in [-0.25, -0.2) is 13.8 Å². The number of alkyl halides is 1. The number of halogens is 3. The van der Waals surface area contributed by atoms with Gasteiger partial charge in [0.25, 0.3) is 0 Å². The summed E-state index contributed by atoms with van der Waals surface area (Å²) < 4.78 is 44.1. The van der Waals surface area contributed by atoms with E-state index in [1.54, 1.807) is 0 Å². The van der Waals surface area contributed by atoms with Crippen LogP contribution >= 0.6 is 11.6 Å².